The van der Waals surface area contributed by atoms with Gasteiger partial charge in [0.25, 0.3) is 5.91 Å². The molecular weight excluding hydrogens is 375 g/mol. The van der Waals surface area contributed by atoms with Gasteiger partial charge in [-0.25, -0.2) is 8.42 Å². The first-order chi connectivity index (χ1) is 12.0. The molecule has 2 rings (SSSR count). The molecule has 0 aliphatic heterocycles. The second-order valence-corrected chi connectivity index (χ2v) is 7.11. The van der Waals surface area contributed by atoms with Crippen LogP contribution >= 0.6 is 0 Å². The Morgan fingerprint density at radius 1 is 1.31 bits per heavy atom. The van der Waals surface area contributed by atoms with Crippen LogP contribution in [0.3, 0.4) is 0 Å². The lowest BCUT2D eigenvalue weighted by molar-refractivity contribution is -0.142. The van der Waals surface area contributed by atoms with Crippen molar-refractivity contribution in [2.75, 3.05) is 7.11 Å². The minimum Gasteiger partial charge on any atom is -0.496 e. The van der Waals surface area contributed by atoms with Gasteiger partial charge in [-0.15, -0.1) is 0 Å². The van der Waals surface area contributed by atoms with Gasteiger partial charge in [0.15, 0.2) is 5.69 Å². The van der Waals surface area contributed by atoms with Crippen LogP contribution in [-0.2, 0) is 26.7 Å². The zero-order chi connectivity index (χ0) is 19.5. The molecule has 0 fully saturated rings. The van der Waals surface area contributed by atoms with E-state index in [2.05, 4.69) is 5.10 Å². The van der Waals surface area contributed by atoms with E-state index in [1.54, 1.807) is 18.2 Å². The molecule has 142 valence electrons. The van der Waals surface area contributed by atoms with Gasteiger partial charge in [-0.05, 0) is 19.1 Å². The van der Waals surface area contributed by atoms with E-state index < -0.39 is 39.6 Å². The number of nitrogens with one attached hydrogen (secondary N) is 1. The van der Waals surface area contributed by atoms with Crippen LogP contribution in [0, 0.1) is 0 Å². The highest BCUT2D eigenvalue weighted by Crippen LogP contribution is 2.28. The summed E-state index contributed by atoms with van der Waals surface area (Å²) in [7, 11) is -2.71. The zero-order valence-electron chi connectivity index (χ0n) is 13.8. The maximum Gasteiger partial charge on any atom is 0.435 e. The van der Waals surface area contributed by atoms with E-state index in [-0.39, 0.29) is 0 Å². The van der Waals surface area contributed by atoms with E-state index >= 15 is 0 Å². The molecule has 1 atom stereocenters. The van der Waals surface area contributed by atoms with Crippen LogP contribution < -0.4 is 9.46 Å². The Kier molecular flexibility index (Phi) is 5.59. The van der Waals surface area contributed by atoms with Crippen molar-refractivity contribution >= 4 is 15.9 Å². The Labute approximate surface area is 147 Å². The van der Waals surface area contributed by atoms with Gasteiger partial charge in [0, 0.05) is 11.8 Å². The normalized spacial score (nSPS) is 13.3. The highest BCUT2D eigenvalue weighted by atomic mass is 32.2. The first kappa shape index (κ1) is 19.8. The first-order valence-electron chi connectivity index (χ1n) is 7.32. The van der Waals surface area contributed by atoms with Crippen molar-refractivity contribution in [2.24, 2.45) is 0 Å². The molecule has 0 radical (unpaired) electrons. The van der Waals surface area contributed by atoms with Gasteiger partial charge < -0.3 is 4.74 Å². The van der Waals surface area contributed by atoms with Crippen molar-refractivity contribution < 1.29 is 31.1 Å². The average Bonchev–Trinajstić information content (AvgIpc) is 3.04. The minimum absolute atomic E-state index is 0.334. The van der Waals surface area contributed by atoms with Gasteiger partial charge in [0.2, 0.25) is 10.0 Å². The third-order valence-corrected chi connectivity index (χ3v) is 4.67. The van der Waals surface area contributed by atoms with Crippen LogP contribution in [0.1, 0.15) is 24.2 Å². The molecule has 0 saturated carbocycles. The van der Waals surface area contributed by atoms with Crippen molar-refractivity contribution in [1.82, 2.24) is 14.5 Å². The lowest BCUT2D eigenvalue weighted by atomic mass is 10.2. The topological polar surface area (TPSA) is 90.3 Å². The molecule has 1 unspecified atom stereocenters. The number of methoxy groups -OCH3 is 1. The van der Waals surface area contributed by atoms with E-state index in [1.807, 2.05) is 4.72 Å². The van der Waals surface area contributed by atoms with Gasteiger partial charge in [-0.3, -0.25) is 14.2 Å². The van der Waals surface area contributed by atoms with Crippen molar-refractivity contribution in [1.29, 1.82) is 0 Å². The molecule has 1 amide bonds. The Balaban J connectivity index is 2.11. The standard InChI is InChI=1S/C15H16F3N3O4S/c1-10(21-8-7-13(19-21)15(16,17)18)14(22)20-26(23,24)9-11-5-3-4-6-12(11)25-2/h3-8,10H,9H2,1-2H3,(H,20,22). The number of ether oxygens (including phenoxy) is 1. The number of alkyl halides is 3. The monoisotopic (exact) mass is 391 g/mol. The fraction of sp³-hybridized carbons (Fsp3) is 0.333. The molecule has 0 aliphatic carbocycles. The van der Waals surface area contributed by atoms with Crippen molar-refractivity contribution in [2.45, 2.75) is 24.9 Å². The fourth-order valence-corrected chi connectivity index (χ4v) is 3.32. The summed E-state index contributed by atoms with van der Waals surface area (Å²) in [5.74, 6) is -1.19. The lowest BCUT2D eigenvalue weighted by Gasteiger charge is -2.14. The summed E-state index contributed by atoms with van der Waals surface area (Å²) >= 11 is 0. The maximum atomic E-state index is 12.6. The summed E-state index contributed by atoms with van der Waals surface area (Å²) in [4.78, 5) is 12.1. The molecule has 11 heteroatoms. The van der Waals surface area contributed by atoms with E-state index in [1.165, 1.54) is 20.1 Å². The van der Waals surface area contributed by atoms with E-state index in [9.17, 15) is 26.4 Å². The van der Waals surface area contributed by atoms with E-state index in [0.717, 1.165) is 10.9 Å². The van der Waals surface area contributed by atoms with Crippen molar-refractivity contribution in [3.05, 3.63) is 47.8 Å². The first-order valence-corrected chi connectivity index (χ1v) is 8.97. The van der Waals surface area contributed by atoms with Crippen LogP contribution in [0.4, 0.5) is 13.2 Å². The van der Waals surface area contributed by atoms with Crippen molar-refractivity contribution in [3.63, 3.8) is 0 Å². The van der Waals surface area contributed by atoms with Gasteiger partial charge in [-0.1, -0.05) is 18.2 Å². The number of carbonyl (C=O) groups is 1. The summed E-state index contributed by atoms with van der Waals surface area (Å²) in [6.07, 6.45) is -3.70. The van der Waals surface area contributed by atoms with Gasteiger partial charge in [-0.2, -0.15) is 18.3 Å². The third kappa shape index (κ3) is 4.75. The quantitative estimate of drug-likeness (QED) is 0.815. The molecule has 2 aromatic rings. The largest absolute Gasteiger partial charge is 0.496 e. The smallest absolute Gasteiger partial charge is 0.435 e. The number of para-hydroxylation sites is 1. The zero-order valence-corrected chi connectivity index (χ0v) is 14.6. The maximum absolute atomic E-state index is 12.6. The van der Waals surface area contributed by atoms with Gasteiger partial charge >= 0.3 is 6.18 Å². The number of carbonyl (C=O) groups excluding carboxylic acids is 1. The molecule has 1 aromatic carbocycles. The predicted molar refractivity (Wildman–Crippen MR) is 85.7 cm³/mol. The van der Waals surface area contributed by atoms with Crippen LogP contribution in [-0.4, -0.2) is 31.2 Å². The van der Waals surface area contributed by atoms with Crippen molar-refractivity contribution in [3.8, 4) is 5.75 Å². The minimum atomic E-state index is -4.66. The molecular formula is C15H16F3N3O4S. The van der Waals surface area contributed by atoms with Gasteiger partial charge in [0.05, 0.1) is 12.9 Å². The second-order valence-electron chi connectivity index (χ2n) is 5.39. The molecule has 0 aliphatic rings. The van der Waals surface area contributed by atoms with Gasteiger partial charge in [0.1, 0.15) is 11.8 Å². The Bertz CT molecular complexity index is 894. The summed E-state index contributed by atoms with van der Waals surface area (Å²) < 4.78 is 69.7. The number of amides is 1. The number of benzene rings is 1. The van der Waals surface area contributed by atoms with E-state index in [4.69, 9.17) is 4.74 Å². The molecule has 7 nitrogen and oxygen atoms in total. The lowest BCUT2D eigenvalue weighted by Crippen LogP contribution is -2.36. The Morgan fingerprint density at radius 2 is 1.96 bits per heavy atom. The predicted octanol–water partition coefficient (Wildman–Crippen LogP) is 2.12. The molecule has 1 aromatic heterocycles. The molecule has 0 spiro atoms. The summed E-state index contributed by atoms with van der Waals surface area (Å²) in [5, 5.41) is 3.26. The molecule has 26 heavy (non-hydrogen) atoms. The number of nitrogens with zero attached hydrogens (tertiary/aromatic N) is 2. The summed E-state index contributed by atoms with van der Waals surface area (Å²) in [6, 6.07) is 5.81. The molecule has 1 N–H and O–H groups in total. The van der Waals surface area contributed by atoms with Crippen LogP contribution in [0.2, 0.25) is 0 Å². The SMILES string of the molecule is COc1ccccc1CS(=O)(=O)NC(=O)C(C)n1ccc(C(F)(F)F)n1. The Hall–Kier alpha value is -2.56. The van der Waals surface area contributed by atoms with Crippen LogP contribution in [0.15, 0.2) is 36.5 Å². The van der Waals surface area contributed by atoms with Crippen LogP contribution in [0.25, 0.3) is 0 Å². The Morgan fingerprint density at radius 3 is 2.54 bits per heavy atom. The molecule has 0 saturated heterocycles. The number of rotatable bonds is 6. The van der Waals surface area contributed by atoms with Crippen LogP contribution in [0.5, 0.6) is 5.75 Å². The fourth-order valence-electron chi connectivity index (χ4n) is 2.13. The number of hydrogen-bond donors (Lipinski definition) is 1. The molecule has 1 heterocycles. The highest BCUT2D eigenvalue weighted by molar-refractivity contribution is 7.89. The number of halogens is 3. The van der Waals surface area contributed by atoms with E-state index in [0.29, 0.717) is 17.4 Å². The second kappa shape index (κ2) is 7.36. The molecule has 0 bridgehead atoms. The number of aromatic nitrogens is 2. The summed E-state index contributed by atoms with van der Waals surface area (Å²) in [5.41, 5.74) is -0.838. The highest BCUT2D eigenvalue weighted by Gasteiger charge is 2.34. The summed E-state index contributed by atoms with van der Waals surface area (Å²) in [6.45, 7) is 1.24. The average molecular weight is 391 g/mol. The number of sulfonamides is 1. The third-order valence-electron chi connectivity index (χ3n) is 3.47. The number of hydrogen-bond acceptors (Lipinski definition) is 5.